The molecule has 2 aromatic rings. The molecule has 0 aliphatic carbocycles. The number of sulfonamides is 1. The molecule has 0 aromatic heterocycles. The van der Waals surface area contributed by atoms with E-state index < -0.39 is 10.0 Å². The lowest BCUT2D eigenvalue weighted by atomic mass is 10.1. The van der Waals surface area contributed by atoms with Crippen LogP contribution in [0.3, 0.4) is 0 Å². The summed E-state index contributed by atoms with van der Waals surface area (Å²) in [4.78, 5) is 0.198. The average molecular weight is 362 g/mol. The first-order valence-electron chi connectivity index (χ1n) is 8.48. The Morgan fingerprint density at radius 3 is 2.24 bits per heavy atom. The van der Waals surface area contributed by atoms with Gasteiger partial charge < -0.3 is 11.1 Å². The Balaban J connectivity index is 2.49. The lowest BCUT2D eigenvalue weighted by Crippen LogP contribution is -2.34. The number of rotatable bonds is 7. The summed E-state index contributed by atoms with van der Waals surface area (Å²) in [5, 5.41) is 2.95. The summed E-state index contributed by atoms with van der Waals surface area (Å²) in [5.41, 5.74) is 8.93. The highest BCUT2D eigenvalue weighted by Crippen LogP contribution is 2.28. The number of nitrogens with zero attached hydrogens (tertiary/aromatic N) is 1. The molecule has 0 spiro atoms. The van der Waals surface area contributed by atoms with Crippen LogP contribution in [0.4, 0.5) is 17.1 Å². The van der Waals surface area contributed by atoms with Crippen LogP contribution >= 0.6 is 0 Å². The van der Waals surface area contributed by atoms with Gasteiger partial charge in [0.05, 0.1) is 22.0 Å². The van der Waals surface area contributed by atoms with Gasteiger partial charge in [-0.3, -0.25) is 4.31 Å². The molecule has 25 heavy (non-hydrogen) atoms. The Bertz CT molecular complexity index is 815. The Morgan fingerprint density at radius 1 is 1.12 bits per heavy atom. The fourth-order valence-corrected chi connectivity index (χ4v) is 4.29. The van der Waals surface area contributed by atoms with Gasteiger partial charge in [0.25, 0.3) is 10.0 Å². The minimum Gasteiger partial charge on any atom is -0.397 e. The number of nitrogens with one attached hydrogen (secondary N) is 1. The van der Waals surface area contributed by atoms with Gasteiger partial charge in [0, 0.05) is 13.6 Å². The molecule has 0 radical (unpaired) electrons. The molecule has 0 fully saturated rings. The van der Waals surface area contributed by atoms with E-state index >= 15 is 0 Å². The lowest BCUT2D eigenvalue weighted by molar-refractivity contribution is 0.578. The highest BCUT2D eigenvalue weighted by molar-refractivity contribution is 7.92. The number of nitrogen functional groups attached to an aromatic ring is 1. The first-order chi connectivity index (χ1) is 11.8. The lowest BCUT2D eigenvalue weighted by Gasteiger charge is -2.26. The van der Waals surface area contributed by atoms with Gasteiger partial charge in [-0.15, -0.1) is 0 Å². The van der Waals surface area contributed by atoms with Crippen molar-refractivity contribution in [2.45, 2.75) is 32.1 Å². The second-order valence-corrected chi connectivity index (χ2v) is 8.31. The standard InChI is InChI=1S/C19H27N3O2S/c1-5-15-6-8-16(9-7-15)22(13-14(2)3)25(23,24)17-10-11-19(21-4)18(20)12-17/h6-12,14,21H,5,13,20H2,1-4H3. The van der Waals surface area contributed by atoms with Crippen LogP contribution in [0.25, 0.3) is 0 Å². The molecule has 0 saturated heterocycles. The van der Waals surface area contributed by atoms with Crippen LogP contribution in [-0.4, -0.2) is 22.0 Å². The molecule has 6 heteroatoms. The summed E-state index contributed by atoms with van der Waals surface area (Å²) in [7, 11) is -1.94. The number of benzene rings is 2. The molecule has 3 N–H and O–H groups in total. The van der Waals surface area contributed by atoms with Gasteiger partial charge in [-0.25, -0.2) is 8.42 Å². The van der Waals surface area contributed by atoms with E-state index in [1.807, 2.05) is 38.1 Å². The van der Waals surface area contributed by atoms with Crippen LogP contribution in [0.1, 0.15) is 26.3 Å². The van der Waals surface area contributed by atoms with Crippen molar-refractivity contribution in [1.29, 1.82) is 0 Å². The Kier molecular flexibility index (Phi) is 5.95. The number of hydrogen-bond acceptors (Lipinski definition) is 4. The topological polar surface area (TPSA) is 75.4 Å². The molecule has 2 aromatic carbocycles. The highest BCUT2D eigenvalue weighted by atomic mass is 32.2. The Labute approximate surface area is 150 Å². The molecule has 0 aliphatic heterocycles. The van der Waals surface area contributed by atoms with Gasteiger partial charge in [0.2, 0.25) is 0 Å². The van der Waals surface area contributed by atoms with E-state index in [0.717, 1.165) is 6.42 Å². The highest BCUT2D eigenvalue weighted by Gasteiger charge is 2.26. The van der Waals surface area contributed by atoms with E-state index in [-0.39, 0.29) is 10.8 Å². The van der Waals surface area contributed by atoms with Gasteiger partial charge in [-0.2, -0.15) is 0 Å². The minimum atomic E-state index is -3.69. The number of nitrogens with two attached hydrogens (primary N) is 1. The van der Waals surface area contributed by atoms with Crippen LogP contribution in [0.2, 0.25) is 0 Å². The van der Waals surface area contributed by atoms with Crippen molar-refractivity contribution in [3.05, 3.63) is 48.0 Å². The molecular weight excluding hydrogens is 334 g/mol. The van der Waals surface area contributed by atoms with E-state index in [9.17, 15) is 8.42 Å². The maximum atomic E-state index is 13.2. The molecule has 0 aliphatic rings. The fraction of sp³-hybridized carbons (Fsp3) is 0.368. The third-order valence-electron chi connectivity index (χ3n) is 4.04. The van der Waals surface area contributed by atoms with E-state index in [2.05, 4.69) is 12.2 Å². The van der Waals surface area contributed by atoms with Crippen molar-refractivity contribution in [2.75, 3.05) is 28.9 Å². The van der Waals surface area contributed by atoms with Gasteiger partial charge in [-0.1, -0.05) is 32.9 Å². The molecule has 0 saturated carbocycles. The SMILES string of the molecule is CCc1ccc(N(CC(C)C)S(=O)(=O)c2ccc(NC)c(N)c2)cc1. The zero-order valence-corrected chi connectivity index (χ0v) is 16.1. The molecule has 0 amide bonds. The quantitative estimate of drug-likeness (QED) is 0.737. The van der Waals surface area contributed by atoms with E-state index in [4.69, 9.17) is 5.73 Å². The predicted octanol–water partition coefficient (Wildman–Crippen LogP) is 3.72. The molecule has 0 heterocycles. The molecule has 0 bridgehead atoms. The second-order valence-electron chi connectivity index (χ2n) is 6.45. The van der Waals surface area contributed by atoms with Crippen molar-refractivity contribution >= 4 is 27.1 Å². The van der Waals surface area contributed by atoms with Gasteiger partial charge in [-0.05, 0) is 48.2 Å². The zero-order chi connectivity index (χ0) is 18.6. The average Bonchev–Trinajstić information content (AvgIpc) is 2.59. The van der Waals surface area contributed by atoms with E-state index in [0.29, 0.717) is 23.6 Å². The first kappa shape index (κ1) is 19.1. The smallest absolute Gasteiger partial charge is 0.264 e. The van der Waals surface area contributed by atoms with Crippen LogP contribution < -0.4 is 15.4 Å². The molecule has 5 nitrogen and oxygen atoms in total. The summed E-state index contributed by atoms with van der Waals surface area (Å²) in [6.07, 6.45) is 0.916. The Morgan fingerprint density at radius 2 is 1.76 bits per heavy atom. The zero-order valence-electron chi connectivity index (χ0n) is 15.3. The summed E-state index contributed by atoms with van der Waals surface area (Å²) < 4.78 is 27.9. The Hall–Kier alpha value is -2.21. The van der Waals surface area contributed by atoms with Crippen LogP contribution in [0.5, 0.6) is 0 Å². The summed E-state index contributed by atoms with van der Waals surface area (Å²) in [6, 6.07) is 12.5. The third-order valence-corrected chi connectivity index (χ3v) is 5.83. The summed E-state index contributed by atoms with van der Waals surface area (Å²) >= 11 is 0. The number of aryl methyl sites for hydroxylation is 1. The second kappa shape index (κ2) is 7.78. The van der Waals surface area contributed by atoms with Crippen molar-refractivity contribution < 1.29 is 8.42 Å². The van der Waals surface area contributed by atoms with Gasteiger partial charge >= 0.3 is 0 Å². The van der Waals surface area contributed by atoms with Crippen LogP contribution in [0.15, 0.2) is 47.4 Å². The van der Waals surface area contributed by atoms with Crippen molar-refractivity contribution in [3.8, 4) is 0 Å². The monoisotopic (exact) mass is 361 g/mol. The maximum absolute atomic E-state index is 13.2. The van der Waals surface area contributed by atoms with Gasteiger partial charge in [0.1, 0.15) is 0 Å². The third kappa shape index (κ3) is 4.25. The number of anilines is 3. The molecule has 0 unspecified atom stereocenters. The first-order valence-corrected chi connectivity index (χ1v) is 9.92. The van der Waals surface area contributed by atoms with Crippen molar-refractivity contribution in [2.24, 2.45) is 5.92 Å². The number of hydrogen-bond donors (Lipinski definition) is 2. The van der Waals surface area contributed by atoms with E-state index in [1.54, 1.807) is 19.2 Å². The normalized spacial score (nSPS) is 11.6. The van der Waals surface area contributed by atoms with Gasteiger partial charge in [0.15, 0.2) is 0 Å². The molecule has 0 atom stereocenters. The largest absolute Gasteiger partial charge is 0.397 e. The molecule has 2 rings (SSSR count). The fourth-order valence-electron chi connectivity index (χ4n) is 2.63. The molecule has 136 valence electrons. The minimum absolute atomic E-state index is 0.189. The van der Waals surface area contributed by atoms with Crippen molar-refractivity contribution in [1.82, 2.24) is 0 Å². The van der Waals surface area contributed by atoms with Crippen LogP contribution in [0, 0.1) is 5.92 Å². The maximum Gasteiger partial charge on any atom is 0.264 e. The predicted molar refractivity (Wildman–Crippen MR) is 106 cm³/mol. The molecular formula is C19H27N3O2S. The van der Waals surface area contributed by atoms with Crippen LogP contribution in [-0.2, 0) is 16.4 Å². The van der Waals surface area contributed by atoms with Crippen molar-refractivity contribution in [3.63, 3.8) is 0 Å². The summed E-state index contributed by atoms with van der Waals surface area (Å²) in [6.45, 7) is 6.48. The van der Waals surface area contributed by atoms with E-state index in [1.165, 1.54) is 15.9 Å². The summed E-state index contributed by atoms with van der Waals surface area (Å²) in [5.74, 6) is 0.189.